The highest BCUT2D eigenvalue weighted by molar-refractivity contribution is 7.13. The highest BCUT2D eigenvalue weighted by Gasteiger charge is 2.48. The number of hydrogen-bond donors (Lipinski definition) is 3. The fourth-order valence-electron chi connectivity index (χ4n) is 13.5. The molecule has 3 aliphatic heterocycles. The van der Waals surface area contributed by atoms with Crippen molar-refractivity contribution in [2.75, 3.05) is 26.2 Å². The maximum atomic E-state index is 14.7. The number of carbonyl (C=O) groups is 3. The van der Waals surface area contributed by atoms with Gasteiger partial charge in [0.05, 0.1) is 67.4 Å². The van der Waals surface area contributed by atoms with Gasteiger partial charge in [0, 0.05) is 31.6 Å². The second-order valence-electron chi connectivity index (χ2n) is 23.3. The highest BCUT2D eigenvalue weighted by Crippen LogP contribution is 2.52. The zero-order valence-electron chi connectivity index (χ0n) is 43.4. The molecule has 0 unspecified atom stereocenters. The third kappa shape index (κ3) is 9.85. The van der Waals surface area contributed by atoms with Crippen molar-refractivity contribution in [3.05, 3.63) is 122 Å². The van der Waals surface area contributed by atoms with Crippen LogP contribution in [-0.4, -0.2) is 106 Å². The topological polar surface area (TPSA) is 189 Å². The van der Waals surface area contributed by atoms with Crippen LogP contribution in [-0.2, 0) is 19.8 Å². The van der Waals surface area contributed by atoms with Gasteiger partial charge in [-0.25, -0.2) is 9.67 Å². The Bertz CT molecular complexity index is 3180. The maximum absolute atomic E-state index is 14.7. The van der Waals surface area contributed by atoms with Crippen LogP contribution in [0.2, 0.25) is 5.02 Å². The van der Waals surface area contributed by atoms with E-state index < -0.39 is 41.5 Å². The number of thiazole rings is 1. The van der Waals surface area contributed by atoms with Gasteiger partial charge in [0.25, 0.3) is 5.56 Å². The van der Waals surface area contributed by atoms with Gasteiger partial charge in [0.1, 0.15) is 17.9 Å². The number of aryl methyl sites for hydroxylation is 1. The maximum Gasteiger partial charge on any atom is 0.305 e. The average molecular weight is 1050 g/mol. The number of halogens is 1. The summed E-state index contributed by atoms with van der Waals surface area (Å²) in [6.45, 7) is 11.0. The van der Waals surface area contributed by atoms with E-state index in [1.165, 1.54) is 33.8 Å². The number of aliphatic hydroxyl groups excluding tert-OH is 1. The lowest BCUT2D eigenvalue weighted by atomic mass is 9.69. The molecule has 6 heterocycles. The van der Waals surface area contributed by atoms with Crippen LogP contribution in [0.5, 0.6) is 0 Å². The van der Waals surface area contributed by atoms with Crippen LogP contribution in [0.1, 0.15) is 162 Å². The molecule has 11 rings (SSSR count). The monoisotopic (exact) mass is 1050 g/mol. The standard InChI is InChI=1S/C58H68ClN9O6S/c1-34-51(75-33-60-34)39-17-15-37(16-18-39)44(29-49(70)71)61-53(72)48-28-41(69)31-66(48)55(74)52(57(2,3)4)67-32-45(63-64-67)38-13-11-35(12-14-38)30-65-25-21-36(22-26-65)40-19-20-42-47(27-40)68-46-10-8-9-43(59)50(46)54(73)62-56(68)58(42)23-6-5-7-24-58/h8-10,15-20,27,32-33,35-36,38,41,44,48,52,69H,5-7,11-14,21-26,28-31H2,1-4H3,(H,61,72)(H,70,71)/t35?,38?,41-,44+,48+,52-/m1/s1. The van der Waals surface area contributed by atoms with Gasteiger partial charge in [-0.3, -0.25) is 23.7 Å². The zero-order chi connectivity index (χ0) is 52.3. The molecule has 0 bridgehead atoms. The van der Waals surface area contributed by atoms with Gasteiger partial charge >= 0.3 is 5.97 Å². The number of nitrogens with zero attached hydrogens (tertiary/aromatic N) is 8. The van der Waals surface area contributed by atoms with Gasteiger partial charge in [-0.05, 0) is 129 Å². The molecular formula is C58H68ClN9O6S. The van der Waals surface area contributed by atoms with Crippen LogP contribution in [0.15, 0.2) is 77.2 Å². The van der Waals surface area contributed by atoms with E-state index in [4.69, 9.17) is 16.6 Å². The Morgan fingerprint density at radius 1 is 0.947 bits per heavy atom. The number of carboxylic acid groups (broad SMARTS) is 1. The van der Waals surface area contributed by atoms with E-state index in [1.54, 1.807) is 16.3 Å². The molecule has 394 valence electrons. The molecule has 4 fully saturated rings. The van der Waals surface area contributed by atoms with Crippen molar-refractivity contribution in [2.24, 2.45) is 11.3 Å². The number of aliphatic carboxylic acids is 1. The van der Waals surface area contributed by atoms with E-state index >= 15 is 0 Å². The van der Waals surface area contributed by atoms with Gasteiger partial charge in [-0.2, -0.15) is 4.98 Å². The number of nitrogens with one attached hydrogen (secondary N) is 1. The third-order valence-electron chi connectivity index (χ3n) is 17.3. The Morgan fingerprint density at radius 2 is 1.69 bits per heavy atom. The summed E-state index contributed by atoms with van der Waals surface area (Å²) >= 11 is 8.17. The van der Waals surface area contributed by atoms with Crippen molar-refractivity contribution in [3.63, 3.8) is 0 Å². The second kappa shape index (κ2) is 20.6. The van der Waals surface area contributed by atoms with Crippen LogP contribution in [0.25, 0.3) is 27.0 Å². The molecular weight excluding hydrogens is 986 g/mol. The first-order valence-electron chi connectivity index (χ1n) is 27.1. The predicted octanol–water partition coefficient (Wildman–Crippen LogP) is 9.66. The minimum Gasteiger partial charge on any atom is -0.481 e. The smallest absolute Gasteiger partial charge is 0.305 e. The van der Waals surface area contributed by atoms with E-state index in [1.807, 2.05) is 70.3 Å². The van der Waals surface area contributed by atoms with Gasteiger partial charge in [-0.1, -0.05) is 99.3 Å². The minimum absolute atomic E-state index is 0.0291. The van der Waals surface area contributed by atoms with Crippen LogP contribution in [0, 0.1) is 18.3 Å². The molecule has 17 heteroatoms. The van der Waals surface area contributed by atoms with Crippen molar-refractivity contribution in [2.45, 2.75) is 153 Å². The number of benzene rings is 3. The van der Waals surface area contributed by atoms with E-state index in [9.17, 15) is 29.4 Å². The number of piperidine rings is 1. The van der Waals surface area contributed by atoms with E-state index in [-0.39, 0.29) is 42.2 Å². The predicted molar refractivity (Wildman–Crippen MR) is 289 cm³/mol. The lowest BCUT2D eigenvalue weighted by Gasteiger charge is -2.37. The van der Waals surface area contributed by atoms with E-state index in [0.29, 0.717) is 27.8 Å². The van der Waals surface area contributed by atoms with Crippen LogP contribution in [0.4, 0.5) is 0 Å². The Balaban J connectivity index is 0.713. The van der Waals surface area contributed by atoms with Crippen molar-refractivity contribution >= 4 is 51.6 Å². The number of fused-ring (bicyclic) bond motifs is 7. The molecule has 2 saturated heterocycles. The molecule has 0 radical (unpaired) electrons. The summed E-state index contributed by atoms with van der Waals surface area (Å²) < 4.78 is 3.91. The summed E-state index contributed by atoms with van der Waals surface area (Å²) in [5.41, 5.74) is 8.68. The first-order chi connectivity index (χ1) is 36.1. The summed E-state index contributed by atoms with van der Waals surface area (Å²) in [6.07, 6.45) is 12.4. The van der Waals surface area contributed by atoms with Crippen molar-refractivity contribution in [3.8, 4) is 16.1 Å². The number of rotatable bonds is 12. The lowest BCUT2D eigenvalue weighted by Crippen LogP contribution is -2.51. The number of hydrogen-bond acceptors (Lipinski definition) is 11. The molecule has 75 heavy (non-hydrogen) atoms. The molecule has 15 nitrogen and oxygen atoms in total. The number of carboxylic acids is 1. The van der Waals surface area contributed by atoms with E-state index in [0.717, 1.165) is 123 Å². The quantitative estimate of drug-likeness (QED) is 0.106. The summed E-state index contributed by atoms with van der Waals surface area (Å²) in [5.74, 6) is 0.204. The minimum atomic E-state index is -1.08. The number of β-amino-alcohol motifs (C(OH)–C–C–N with tert-alkyl or cyclic N) is 1. The summed E-state index contributed by atoms with van der Waals surface area (Å²) in [5, 5.41) is 33.9. The number of carbonyl (C=O) groups excluding carboxylic acids is 2. The largest absolute Gasteiger partial charge is 0.481 e. The summed E-state index contributed by atoms with van der Waals surface area (Å²) in [7, 11) is 0. The molecule has 4 atom stereocenters. The van der Waals surface area contributed by atoms with Crippen molar-refractivity contribution < 1.29 is 24.6 Å². The summed E-state index contributed by atoms with van der Waals surface area (Å²) in [6, 6.07) is 17.6. The normalized spacial score (nSPS) is 22.8. The number of amides is 2. The molecule has 2 amide bonds. The van der Waals surface area contributed by atoms with Gasteiger partial charge in [0.15, 0.2) is 0 Å². The highest BCUT2D eigenvalue weighted by atomic mass is 35.5. The third-order valence-corrected chi connectivity index (χ3v) is 18.6. The molecule has 3 aromatic heterocycles. The summed E-state index contributed by atoms with van der Waals surface area (Å²) in [4.78, 5) is 68.6. The lowest BCUT2D eigenvalue weighted by molar-refractivity contribution is -0.145. The zero-order valence-corrected chi connectivity index (χ0v) is 45.0. The molecule has 3 N–H and O–H groups in total. The Kier molecular flexibility index (Phi) is 14.1. The second-order valence-corrected chi connectivity index (χ2v) is 24.5. The molecule has 2 aliphatic carbocycles. The SMILES string of the molecule is Cc1ncsc1-c1ccc([C@H](CC(=O)O)NC(=O)[C@@H]2C[C@@H](O)CN2C(=O)[C@@H](n2cc(C3CCC(CN4CCC(c5ccc6c(c5)-n5c(nc(=O)c7c(Cl)cccc75)C65CCCCC5)CC4)CC3)nn2)C(C)(C)C)cc1. The first kappa shape index (κ1) is 51.3. The molecule has 6 aromatic rings. The Labute approximate surface area is 446 Å². The number of aliphatic hydroxyl groups is 1. The van der Waals surface area contributed by atoms with Crippen molar-refractivity contribution in [1.82, 2.24) is 44.6 Å². The van der Waals surface area contributed by atoms with E-state index in [2.05, 4.69) is 48.3 Å². The van der Waals surface area contributed by atoms with Gasteiger partial charge < -0.3 is 25.3 Å². The average Bonchev–Trinajstić information content (AvgIpc) is 4.20. The Morgan fingerprint density at radius 3 is 2.39 bits per heavy atom. The first-order valence-corrected chi connectivity index (χ1v) is 28.3. The van der Waals surface area contributed by atoms with Gasteiger partial charge in [0.2, 0.25) is 11.8 Å². The molecule has 1 spiro atoms. The van der Waals surface area contributed by atoms with Crippen LogP contribution >= 0.6 is 22.9 Å². The fraction of sp³-hybridized carbons (Fsp3) is 0.517. The van der Waals surface area contributed by atoms with Crippen molar-refractivity contribution in [1.29, 1.82) is 0 Å². The van der Waals surface area contributed by atoms with Crippen LogP contribution in [0.3, 0.4) is 0 Å². The number of aromatic nitrogens is 6. The van der Waals surface area contributed by atoms with Gasteiger partial charge in [-0.15, -0.1) is 16.4 Å². The molecule has 5 aliphatic rings. The fourth-order valence-corrected chi connectivity index (χ4v) is 14.6. The molecule has 2 saturated carbocycles. The van der Waals surface area contributed by atoms with Crippen LogP contribution < -0.4 is 10.9 Å². The number of likely N-dealkylation sites (tertiary alicyclic amines) is 2. The Hall–Kier alpha value is -5.81. The molecule has 3 aromatic carbocycles.